The summed E-state index contributed by atoms with van der Waals surface area (Å²) in [5.41, 5.74) is 0.878. The molecule has 0 amide bonds. The molecule has 15 heavy (non-hydrogen) atoms. The molecule has 2 nitrogen and oxygen atoms in total. The lowest BCUT2D eigenvalue weighted by Crippen LogP contribution is -2.07. The fraction of sp³-hybridized carbons (Fsp3) is 0.300. The zero-order chi connectivity index (χ0) is 11.6. The fourth-order valence-electron chi connectivity index (χ4n) is 1.24. The Balaban J connectivity index is 3.27. The van der Waals surface area contributed by atoms with Crippen LogP contribution < -0.4 is 4.74 Å². The molecule has 1 aromatic carbocycles. The topological polar surface area (TPSA) is 26.3 Å². The van der Waals surface area contributed by atoms with Crippen LogP contribution in [0.1, 0.15) is 22.8 Å². The van der Waals surface area contributed by atoms with E-state index in [0.717, 1.165) is 5.56 Å². The first-order valence-electron chi connectivity index (χ1n) is 4.17. The van der Waals surface area contributed by atoms with Crippen molar-refractivity contribution < 1.29 is 18.3 Å². The normalized spacial score (nSPS) is 10.5. The predicted molar refractivity (Wildman–Crippen MR) is 55.5 cm³/mol. The molecule has 0 aromatic heterocycles. The standard InChI is InChI=1S/C10H9BrF2O2/c1-5-3-7(11)9(6(2)14)8(4-5)15-10(12)13/h3-4,10H,1-2H3. The second-order valence-corrected chi connectivity index (χ2v) is 3.91. The van der Waals surface area contributed by atoms with Gasteiger partial charge >= 0.3 is 6.61 Å². The van der Waals surface area contributed by atoms with E-state index in [1.54, 1.807) is 13.0 Å². The minimum Gasteiger partial charge on any atom is -0.434 e. The molecule has 0 saturated carbocycles. The van der Waals surface area contributed by atoms with Gasteiger partial charge in [0.05, 0.1) is 5.56 Å². The van der Waals surface area contributed by atoms with E-state index in [2.05, 4.69) is 20.7 Å². The Morgan fingerprint density at radius 2 is 2.07 bits per heavy atom. The molecule has 1 rings (SSSR count). The molecule has 0 radical (unpaired) electrons. The molecule has 0 aliphatic rings. The highest BCUT2D eigenvalue weighted by Gasteiger charge is 2.16. The monoisotopic (exact) mass is 278 g/mol. The van der Waals surface area contributed by atoms with Crippen molar-refractivity contribution in [3.63, 3.8) is 0 Å². The summed E-state index contributed by atoms with van der Waals surface area (Å²) in [6.07, 6.45) is 0. The summed E-state index contributed by atoms with van der Waals surface area (Å²) in [5, 5.41) is 0. The Kier molecular flexibility index (Phi) is 3.79. The minimum absolute atomic E-state index is 0.0932. The smallest absolute Gasteiger partial charge is 0.387 e. The van der Waals surface area contributed by atoms with Gasteiger partial charge in [-0.1, -0.05) is 0 Å². The molecule has 0 spiro atoms. The van der Waals surface area contributed by atoms with Crippen molar-refractivity contribution in [3.8, 4) is 5.75 Å². The number of hydrogen-bond donors (Lipinski definition) is 0. The Hall–Kier alpha value is -0.970. The highest BCUT2D eigenvalue weighted by Crippen LogP contribution is 2.30. The molecule has 0 bridgehead atoms. The van der Waals surface area contributed by atoms with E-state index in [0.29, 0.717) is 4.47 Å². The number of benzene rings is 1. The number of ketones is 1. The van der Waals surface area contributed by atoms with Gasteiger partial charge in [-0.3, -0.25) is 4.79 Å². The number of ether oxygens (including phenoxy) is 1. The number of aryl methyl sites for hydroxylation is 1. The number of halogens is 3. The van der Waals surface area contributed by atoms with Crippen molar-refractivity contribution in [2.24, 2.45) is 0 Å². The first kappa shape index (κ1) is 12.1. The average molecular weight is 279 g/mol. The van der Waals surface area contributed by atoms with Crippen LogP contribution in [-0.2, 0) is 0 Å². The van der Waals surface area contributed by atoms with E-state index in [9.17, 15) is 13.6 Å². The van der Waals surface area contributed by atoms with Gasteiger partial charge in [0.2, 0.25) is 0 Å². The van der Waals surface area contributed by atoms with E-state index < -0.39 is 6.61 Å². The van der Waals surface area contributed by atoms with Crippen LogP contribution in [0, 0.1) is 6.92 Å². The van der Waals surface area contributed by atoms with Crippen molar-refractivity contribution in [1.82, 2.24) is 0 Å². The third kappa shape index (κ3) is 2.99. The number of carbonyl (C=O) groups excluding carboxylic acids is 1. The highest BCUT2D eigenvalue weighted by atomic mass is 79.9. The van der Waals surface area contributed by atoms with Gasteiger partial charge in [0.25, 0.3) is 0 Å². The van der Waals surface area contributed by atoms with Crippen LogP contribution in [0.2, 0.25) is 0 Å². The first-order chi connectivity index (χ1) is 6.91. The molecule has 0 heterocycles. The maximum absolute atomic E-state index is 12.1. The van der Waals surface area contributed by atoms with Gasteiger partial charge in [-0.2, -0.15) is 8.78 Å². The third-order valence-corrected chi connectivity index (χ3v) is 2.39. The van der Waals surface area contributed by atoms with Crippen molar-refractivity contribution in [1.29, 1.82) is 0 Å². The summed E-state index contributed by atoms with van der Waals surface area (Å²) in [7, 11) is 0. The summed E-state index contributed by atoms with van der Waals surface area (Å²) in [4.78, 5) is 11.2. The lowest BCUT2D eigenvalue weighted by Gasteiger charge is -2.11. The molecule has 0 saturated heterocycles. The zero-order valence-corrected chi connectivity index (χ0v) is 9.77. The van der Waals surface area contributed by atoms with Crippen molar-refractivity contribution in [2.45, 2.75) is 20.5 Å². The summed E-state index contributed by atoms with van der Waals surface area (Å²) >= 11 is 3.14. The van der Waals surface area contributed by atoms with E-state index >= 15 is 0 Å². The number of hydrogen-bond acceptors (Lipinski definition) is 2. The maximum Gasteiger partial charge on any atom is 0.387 e. The van der Waals surface area contributed by atoms with Crippen molar-refractivity contribution in [3.05, 3.63) is 27.7 Å². The summed E-state index contributed by atoms with van der Waals surface area (Å²) in [6.45, 7) is 0.0950. The van der Waals surface area contributed by atoms with Gasteiger partial charge in [0.15, 0.2) is 5.78 Å². The first-order valence-corrected chi connectivity index (χ1v) is 4.97. The van der Waals surface area contributed by atoms with Gasteiger partial charge in [-0.25, -0.2) is 0 Å². The second-order valence-electron chi connectivity index (χ2n) is 3.05. The number of carbonyl (C=O) groups is 1. The maximum atomic E-state index is 12.1. The van der Waals surface area contributed by atoms with Crippen LogP contribution in [0.25, 0.3) is 0 Å². The van der Waals surface area contributed by atoms with E-state index in [1.807, 2.05) is 0 Å². The van der Waals surface area contributed by atoms with Crippen LogP contribution in [0.3, 0.4) is 0 Å². The SMILES string of the molecule is CC(=O)c1c(Br)cc(C)cc1OC(F)F. The van der Waals surface area contributed by atoms with Gasteiger partial charge < -0.3 is 4.74 Å². The summed E-state index contributed by atoms with van der Waals surface area (Å²) in [5.74, 6) is -0.415. The van der Waals surface area contributed by atoms with E-state index in [1.165, 1.54) is 13.0 Å². The lowest BCUT2D eigenvalue weighted by molar-refractivity contribution is -0.0501. The van der Waals surface area contributed by atoms with Crippen LogP contribution in [0.4, 0.5) is 8.78 Å². The average Bonchev–Trinajstić information content (AvgIpc) is 1.99. The van der Waals surface area contributed by atoms with Crippen LogP contribution in [0.5, 0.6) is 5.75 Å². The minimum atomic E-state index is -2.93. The van der Waals surface area contributed by atoms with E-state index in [-0.39, 0.29) is 17.1 Å². The molecule has 82 valence electrons. The molecule has 1 aromatic rings. The molecule has 0 N–H and O–H groups in total. The Morgan fingerprint density at radius 1 is 1.47 bits per heavy atom. The van der Waals surface area contributed by atoms with Gasteiger partial charge in [0.1, 0.15) is 5.75 Å². The largest absolute Gasteiger partial charge is 0.434 e. The molecule has 0 aliphatic heterocycles. The zero-order valence-electron chi connectivity index (χ0n) is 8.18. The summed E-state index contributed by atoms with van der Waals surface area (Å²) in [6, 6.07) is 3.09. The van der Waals surface area contributed by atoms with Gasteiger partial charge in [0, 0.05) is 4.47 Å². The second kappa shape index (κ2) is 4.70. The Morgan fingerprint density at radius 3 is 2.53 bits per heavy atom. The lowest BCUT2D eigenvalue weighted by atomic mass is 10.1. The molecule has 0 fully saturated rings. The highest BCUT2D eigenvalue weighted by molar-refractivity contribution is 9.10. The third-order valence-electron chi connectivity index (χ3n) is 1.77. The van der Waals surface area contributed by atoms with Crippen molar-refractivity contribution >= 4 is 21.7 Å². The molecule has 5 heteroatoms. The Bertz CT molecular complexity index is 391. The number of rotatable bonds is 3. The van der Waals surface area contributed by atoms with Crippen LogP contribution in [-0.4, -0.2) is 12.4 Å². The van der Waals surface area contributed by atoms with E-state index in [4.69, 9.17) is 0 Å². The molecular weight excluding hydrogens is 270 g/mol. The molecule has 0 unspecified atom stereocenters. The number of alkyl halides is 2. The Labute approximate surface area is 94.4 Å². The van der Waals surface area contributed by atoms with Crippen LogP contribution in [0.15, 0.2) is 16.6 Å². The fourth-order valence-corrected chi connectivity index (χ4v) is 2.08. The number of Topliss-reactive ketones (excluding diaryl/α,β-unsaturated/α-hetero) is 1. The molecule has 0 atom stereocenters. The van der Waals surface area contributed by atoms with Crippen molar-refractivity contribution in [2.75, 3.05) is 0 Å². The van der Waals surface area contributed by atoms with Gasteiger partial charge in [-0.05, 0) is 47.5 Å². The molecular formula is C10H9BrF2O2. The summed E-state index contributed by atoms with van der Waals surface area (Å²) < 4.78 is 28.9. The predicted octanol–water partition coefficient (Wildman–Crippen LogP) is 3.56. The molecule has 0 aliphatic carbocycles. The quantitative estimate of drug-likeness (QED) is 0.791. The van der Waals surface area contributed by atoms with Crippen LogP contribution >= 0.6 is 15.9 Å². The van der Waals surface area contributed by atoms with Gasteiger partial charge in [-0.15, -0.1) is 0 Å².